The SMILES string of the molecule is COC1CN(C2=C(C(F)(F)F)SC3=NC(Cn4nc(C(F)(F)F)cc4Cl)=CCN32)C1. The van der Waals surface area contributed by atoms with Gasteiger partial charge in [-0.15, -0.1) is 0 Å². The van der Waals surface area contributed by atoms with Crippen LogP contribution in [0.4, 0.5) is 26.3 Å². The molecular formula is C16H14ClF6N5OS. The summed E-state index contributed by atoms with van der Waals surface area (Å²) in [5.74, 6) is 0.0197. The smallest absolute Gasteiger partial charge is 0.378 e. The first-order chi connectivity index (χ1) is 14.0. The van der Waals surface area contributed by atoms with E-state index >= 15 is 0 Å². The van der Waals surface area contributed by atoms with E-state index in [1.54, 1.807) is 11.0 Å². The number of ether oxygens (including phenoxy) is 1. The Labute approximate surface area is 175 Å². The van der Waals surface area contributed by atoms with Gasteiger partial charge < -0.3 is 14.5 Å². The Kier molecular flexibility index (Phi) is 5.26. The number of aliphatic imine (C=N–C) groups is 1. The highest BCUT2D eigenvalue weighted by molar-refractivity contribution is 8.17. The average molecular weight is 474 g/mol. The van der Waals surface area contributed by atoms with Gasteiger partial charge in [0, 0.05) is 32.8 Å². The van der Waals surface area contributed by atoms with Gasteiger partial charge >= 0.3 is 12.4 Å². The van der Waals surface area contributed by atoms with Crippen molar-refractivity contribution in [2.75, 3.05) is 26.7 Å². The number of fused-ring (bicyclic) bond motifs is 1. The highest BCUT2D eigenvalue weighted by atomic mass is 35.5. The topological polar surface area (TPSA) is 45.9 Å². The minimum absolute atomic E-state index is 0.0197. The fourth-order valence-corrected chi connectivity index (χ4v) is 4.44. The van der Waals surface area contributed by atoms with Gasteiger partial charge in [-0.1, -0.05) is 11.6 Å². The molecular weight excluding hydrogens is 460 g/mol. The average Bonchev–Trinajstić information content (AvgIpc) is 3.15. The second kappa shape index (κ2) is 7.38. The minimum atomic E-state index is -4.66. The number of methoxy groups -OCH3 is 1. The second-order valence-corrected chi connectivity index (χ2v) is 8.09. The minimum Gasteiger partial charge on any atom is -0.378 e. The highest BCUT2D eigenvalue weighted by Gasteiger charge is 2.49. The van der Waals surface area contributed by atoms with Crippen LogP contribution in [0.2, 0.25) is 5.15 Å². The van der Waals surface area contributed by atoms with Gasteiger partial charge in [0.15, 0.2) is 10.9 Å². The van der Waals surface area contributed by atoms with E-state index in [1.807, 2.05) is 0 Å². The lowest BCUT2D eigenvalue weighted by atomic mass is 10.1. The van der Waals surface area contributed by atoms with Gasteiger partial charge in [-0.2, -0.15) is 31.4 Å². The zero-order valence-corrected chi connectivity index (χ0v) is 16.8. The van der Waals surface area contributed by atoms with Crippen molar-refractivity contribution >= 4 is 28.5 Å². The van der Waals surface area contributed by atoms with Crippen LogP contribution in [0.1, 0.15) is 5.69 Å². The molecule has 1 aromatic heterocycles. The van der Waals surface area contributed by atoms with Crippen molar-refractivity contribution < 1.29 is 31.1 Å². The van der Waals surface area contributed by atoms with Crippen LogP contribution in [0, 0.1) is 0 Å². The van der Waals surface area contributed by atoms with Crippen molar-refractivity contribution in [3.63, 3.8) is 0 Å². The molecule has 0 spiro atoms. The summed E-state index contributed by atoms with van der Waals surface area (Å²) in [6, 6.07) is 0.687. The molecule has 0 aliphatic carbocycles. The summed E-state index contributed by atoms with van der Waals surface area (Å²) in [7, 11) is 1.50. The van der Waals surface area contributed by atoms with Crippen LogP contribution in [-0.2, 0) is 17.5 Å². The summed E-state index contributed by atoms with van der Waals surface area (Å²) in [5, 5.41) is 3.28. The summed E-state index contributed by atoms with van der Waals surface area (Å²) >= 11 is 6.31. The third-order valence-electron chi connectivity index (χ3n) is 4.70. The summed E-state index contributed by atoms with van der Waals surface area (Å²) in [6.45, 7) is 0.555. The number of alkyl halides is 6. The van der Waals surface area contributed by atoms with Gasteiger partial charge in [-0.3, -0.25) is 0 Å². The molecule has 164 valence electrons. The molecule has 0 N–H and O–H groups in total. The molecule has 0 unspecified atom stereocenters. The number of likely N-dealkylation sites (tertiary alicyclic amines) is 1. The van der Waals surface area contributed by atoms with Crippen molar-refractivity contribution in [2.24, 2.45) is 4.99 Å². The largest absolute Gasteiger partial charge is 0.435 e. The Hall–Kier alpha value is -1.86. The fraction of sp³-hybridized carbons (Fsp3) is 0.500. The lowest BCUT2D eigenvalue weighted by Gasteiger charge is -2.43. The van der Waals surface area contributed by atoms with Crippen LogP contribution < -0.4 is 0 Å². The third kappa shape index (κ3) is 3.89. The molecule has 0 amide bonds. The van der Waals surface area contributed by atoms with E-state index in [0.29, 0.717) is 30.9 Å². The van der Waals surface area contributed by atoms with Crippen molar-refractivity contribution in [2.45, 2.75) is 25.0 Å². The van der Waals surface area contributed by atoms with Gasteiger partial charge in [0.1, 0.15) is 15.9 Å². The number of allylic oxidation sites excluding steroid dienone is 2. The fourth-order valence-electron chi connectivity index (χ4n) is 3.17. The first-order valence-corrected chi connectivity index (χ1v) is 9.79. The number of aromatic nitrogens is 2. The summed E-state index contributed by atoms with van der Waals surface area (Å²) in [6.07, 6.45) is -7.82. The van der Waals surface area contributed by atoms with Crippen molar-refractivity contribution in [1.29, 1.82) is 0 Å². The summed E-state index contributed by atoms with van der Waals surface area (Å²) in [5.41, 5.74) is -0.879. The van der Waals surface area contributed by atoms with Crippen LogP contribution in [-0.4, -0.2) is 63.8 Å². The molecule has 1 saturated heterocycles. The molecule has 3 aliphatic heterocycles. The molecule has 0 bridgehead atoms. The van der Waals surface area contributed by atoms with Crippen LogP contribution in [0.5, 0.6) is 0 Å². The van der Waals surface area contributed by atoms with E-state index in [2.05, 4.69) is 10.1 Å². The first kappa shape index (κ1) is 21.4. The van der Waals surface area contributed by atoms with Crippen molar-refractivity contribution in [3.8, 4) is 0 Å². The van der Waals surface area contributed by atoms with E-state index in [4.69, 9.17) is 16.3 Å². The van der Waals surface area contributed by atoms with E-state index < -0.39 is 23.0 Å². The van der Waals surface area contributed by atoms with Gasteiger partial charge in [0.2, 0.25) is 0 Å². The lowest BCUT2D eigenvalue weighted by molar-refractivity contribution is -0.141. The number of rotatable bonds is 4. The Bertz CT molecular complexity index is 947. The standard InChI is InChI=1S/C16H14ClF6N5OS/c1-29-9-6-26(7-9)13-12(16(21,22)23)30-14-24-8(2-3-27(13)14)5-28-11(17)4-10(25-28)15(18,19)20/h2,4,9H,3,5-7H2,1H3. The lowest BCUT2D eigenvalue weighted by Crippen LogP contribution is -2.54. The Morgan fingerprint density at radius 1 is 1.20 bits per heavy atom. The molecule has 0 aromatic carbocycles. The molecule has 6 nitrogen and oxygen atoms in total. The number of hydrogen-bond acceptors (Lipinski definition) is 6. The molecule has 14 heteroatoms. The zero-order valence-electron chi connectivity index (χ0n) is 15.3. The summed E-state index contributed by atoms with van der Waals surface area (Å²) < 4.78 is 85.2. The number of thioether (sulfide) groups is 1. The molecule has 4 heterocycles. The Morgan fingerprint density at radius 2 is 1.90 bits per heavy atom. The molecule has 3 aliphatic rings. The third-order valence-corrected chi connectivity index (χ3v) is 6.12. The van der Waals surface area contributed by atoms with E-state index in [-0.39, 0.29) is 41.0 Å². The number of amidine groups is 1. The number of hydrogen-bond donors (Lipinski definition) is 0. The monoisotopic (exact) mass is 473 g/mol. The second-order valence-electron chi connectivity index (χ2n) is 6.72. The van der Waals surface area contributed by atoms with Gasteiger partial charge in [0.05, 0.1) is 18.3 Å². The molecule has 1 aromatic rings. The van der Waals surface area contributed by atoms with Crippen LogP contribution in [0.3, 0.4) is 0 Å². The maximum Gasteiger partial charge on any atom is 0.435 e. The highest BCUT2D eigenvalue weighted by Crippen LogP contribution is 2.47. The van der Waals surface area contributed by atoms with Crippen molar-refractivity contribution in [1.82, 2.24) is 19.6 Å². The summed E-state index contributed by atoms with van der Waals surface area (Å²) in [4.78, 5) is 6.45. The molecule has 1 fully saturated rings. The van der Waals surface area contributed by atoms with Crippen LogP contribution in [0.15, 0.2) is 33.6 Å². The van der Waals surface area contributed by atoms with Gasteiger partial charge in [0.25, 0.3) is 0 Å². The van der Waals surface area contributed by atoms with E-state index in [1.165, 1.54) is 12.0 Å². The number of nitrogens with zero attached hydrogens (tertiary/aromatic N) is 5. The zero-order chi connectivity index (χ0) is 21.8. The number of halogens is 7. The Balaban J connectivity index is 1.55. The van der Waals surface area contributed by atoms with Crippen LogP contribution in [0.25, 0.3) is 0 Å². The molecule has 0 saturated carbocycles. The van der Waals surface area contributed by atoms with Crippen LogP contribution >= 0.6 is 23.4 Å². The first-order valence-electron chi connectivity index (χ1n) is 8.60. The van der Waals surface area contributed by atoms with Crippen molar-refractivity contribution in [3.05, 3.63) is 39.4 Å². The Morgan fingerprint density at radius 3 is 2.47 bits per heavy atom. The maximum absolute atomic E-state index is 13.6. The molecule has 0 atom stereocenters. The normalized spacial score (nSPS) is 20.4. The molecule has 4 rings (SSSR count). The van der Waals surface area contributed by atoms with E-state index in [9.17, 15) is 26.3 Å². The van der Waals surface area contributed by atoms with E-state index in [0.717, 1.165) is 4.68 Å². The molecule has 30 heavy (non-hydrogen) atoms. The van der Waals surface area contributed by atoms with Gasteiger partial charge in [-0.25, -0.2) is 9.67 Å². The molecule has 0 radical (unpaired) electrons. The quantitative estimate of drug-likeness (QED) is 0.620. The van der Waals surface area contributed by atoms with Gasteiger partial charge in [-0.05, 0) is 17.8 Å². The predicted molar refractivity (Wildman–Crippen MR) is 97.5 cm³/mol. The predicted octanol–water partition coefficient (Wildman–Crippen LogP) is 3.92. The maximum atomic E-state index is 13.6.